The molecule has 4 aromatic rings. The van der Waals surface area contributed by atoms with Gasteiger partial charge in [0, 0.05) is 29.6 Å². The van der Waals surface area contributed by atoms with Crippen molar-refractivity contribution in [3.63, 3.8) is 0 Å². The minimum absolute atomic E-state index is 0.0648. The number of amides is 2. The zero-order chi connectivity index (χ0) is 32.5. The van der Waals surface area contributed by atoms with E-state index in [4.69, 9.17) is 9.47 Å². The van der Waals surface area contributed by atoms with E-state index in [0.29, 0.717) is 24.5 Å². The van der Waals surface area contributed by atoms with Crippen LogP contribution in [0.1, 0.15) is 89.8 Å². The molecule has 238 valence electrons. The number of rotatable bonds is 13. The van der Waals surface area contributed by atoms with E-state index in [0.717, 1.165) is 46.5 Å². The summed E-state index contributed by atoms with van der Waals surface area (Å²) in [5.74, 6) is 1.93. The number of urea groups is 1. The molecule has 7 nitrogen and oxygen atoms in total. The molecule has 0 radical (unpaired) electrons. The maximum atomic E-state index is 13.7. The normalized spacial score (nSPS) is 11.2. The maximum absolute atomic E-state index is 13.7. The van der Waals surface area contributed by atoms with E-state index >= 15 is 0 Å². The van der Waals surface area contributed by atoms with Gasteiger partial charge in [-0.05, 0) is 73.1 Å². The molecule has 0 aliphatic carbocycles. The molecular weight excluding hydrogens is 562 g/mol. The number of unbranched alkanes of at least 4 members (excludes halogenated alkanes) is 1. The molecule has 0 spiro atoms. The van der Waals surface area contributed by atoms with Gasteiger partial charge in [0.15, 0.2) is 0 Å². The van der Waals surface area contributed by atoms with Gasteiger partial charge in [-0.25, -0.2) is 4.79 Å². The number of nitrogens with one attached hydrogen (secondary N) is 2. The number of nitrogens with zero attached hydrogens (tertiary/aromatic N) is 1. The highest BCUT2D eigenvalue weighted by molar-refractivity contribution is 6.03. The van der Waals surface area contributed by atoms with Crippen LogP contribution in [0.2, 0.25) is 0 Å². The lowest BCUT2D eigenvalue weighted by Crippen LogP contribution is -2.29. The van der Waals surface area contributed by atoms with Gasteiger partial charge in [0.1, 0.15) is 23.8 Å². The molecule has 1 aromatic heterocycles. The summed E-state index contributed by atoms with van der Waals surface area (Å²) in [7, 11) is 0. The predicted molar refractivity (Wildman–Crippen MR) is 185 cm³/mol. The number of aromatic nitrogens is 1. The second-order valence-electron chi connectivity index (χ2n) is 12.2. The molecule has 1 heterocycles. The van der Waals surface area contributed by atoms with E-state index in [1.165, 1.54) is 0 Å². The molecule has 0 saturated carbocycles. The maximum Gasteiger partial charge on any atom is 0.323 e. The summed E-state index contributed by atoms with van der Waals surface area (Å²) in [5.41, 5.74) is 5.32. The van der Waals surface area contributed by atoms with Crippen molar-refractivity contribution < 1.29 is 14.3 Å². The monoisotopic (exact) mass is 609 g/mol. The molecular formula is C38H47N3O4. The molecule has 0 bridgehead atoms. The Morgan fingerprint density at radius 2 is 1.44 bits per heavy atom. The SMILES string of the molecule is CCCCn1ccc(-c2ccc(OCc3ccccc3OC(C)C)cc2)c(NC(=O)Nc2c(C(C)C)cccc2C(C)C)c1=O. The van der Waals surface area contributed by atoms with Crippen molar-refractivity contribution >= 4 is 17.4 Å². The van der Waals surface area contributed by atoms with Crippen LogP contribution in [0.4, 0.5) is 16.2 Å². The first-order valence-electron chi connectivity index (χ1n) is 16.0. The van der Waals surface area contributed by atoms with Crippen molar-refractivity contribution in [2.45, 2.75) is 92.4 Å². The molecule has 0 saturated heterocycles. The second-order valence-corrected chi connectivity index (χ2v) is 12.2. The molecule has 3 aromatic carbocycles. The average Bonchev–Trinajstić information content (AvgIpc) is 3.01. The van der Waals surface area contributed by atoms with Gasteiger partial charge in [-0.15, -0.1) is 0 Å². The molecule has 7 heteroatoms. The smallest absolute Gasteiger partial charge is 0.323 e. The van der Waals surface area contributed by atoms with E-state index in [9.17, 15) is 9.59 Å². The van der Waals surface area contributed by atoms with Crippen molar-refractivity contribution in [2.24, 2.45) is 0 Å². The Hall–Kier alpha value is -4.52. The van der Waals surface area contributed by atoms with E-state index < -0.39 is 6.03 Å². The average molecular weight is 610 g/mol. The first kappa shape index (κ1) is 33.4. The number of benzene rings is 3. The number of hydrogen-bond donors (Lipinski definition) is 2. The highest BCUT2D eigenvalue weighted by atomic mass is 16.5. The number of hydrogen-bond acceptors (Lipinski definition) is 4. The molecule has 0 fully saturated rings. The van der Waals surface area contributed by atoms with E-state index in [1.807, 2.05) is 86.6 Å². The third-order valence-corrected chi connectivity index (χ3v) is 7.66. The summed E-state index contributed by atoms with van der Waals surface area (Å²) in [6, 6.07) is 23.0. The van der Waals surface area contributed by atoms with Crippen LogP contribution < -0.4 is 25.7 Å². The highest BCUT2D eigenvalue weighted by Crippen LogP contribution is 2.33. The highest BCUT2D eigenvalue weighted by Gasteiger charge is 2.19. The fourth-order valence-electron chi connectivity index (χ4n) is 5.28. The number of pyridine rings is 1. The molecule has 0 aliphatic heterocycles. The number of carbonyl (C=O) groups excluding carboxylic acids is 1. The number of anilines is 2. The summed E-state index contributed by atoms with van der Waals surface area (Å²) in [5, 5.41) is 6.02. The van der Waals surface area contributed by atoms with Gasteiger partial charge in [-0.1, -0.05) is 89.6 Å². The third kappa shape index (κ3) is 8.56. The first-order valence-corrected chi connectivity index (χ1v) is 16.0. The summed E-state index contributed by atoms with van der Waals surface area (Å²) in [4.78, 5) is 27.3. The molecule has 0 atom stereocenters. The summed E-state index contributed by atoms with van der Waals surface area (Å²) >= 11 is 0. The van der Waals surface area contributed by atoms with Gasteiger partial charge in [-0.3, -0.25) is 4.79 Å². The Bertz CT molecular complexity index is 1610. The molecule has 45 heavy (non-hydrogen) atoms. The van der Waals surface area contributed by atoms with Gasteiger partial charge >= 0.3 is 6.03 Å². The lowest BCUT2D eigenvalue weighted by molar-refractivity contribution is 0.230. The minimum atomic E-state index is -0.446. The Morgan fingerprint density at radius 3 is 2.07 bits per heavy atom. The number of ether oxygens (including phenoxy) is 2. The molecule has 2 amide bonds. The van der Waals surface area contributed by atoms with Gasteiger partial charge in [0.25, 0.3) is 5.56 Å². The molecule has 0 aliphatic rings. The largest absolute Gasteiger partial charge is 0.491 e. The van der Waals surface area contributed by atoms with Crippen molar-refractivity contribution in [3.05, 3.63) is 106 Å². The fraction of sp³-hybridized carbons (Fsp3) is 0.368. The number of carbonyl (C=O) groups is 1. The van der Waals surface area contributed by atoms with Crippen LogP contribution in [0.5, 0.6) is 11.5 Å². The lowest BCUT2D eigenvalue weighted by Gasteiger charge is -2.21. The van der Waals surface area contributed by atoms with Crippen molar-refractivity contribution in [2.75, 3.05) is 10.6 Å². The first-order chi connectivity index (χ1) is 21.6. The summed E-state index contributed by atoms with van der Waals surface area (Å²) in [6.45, 7) is 15.5. The van der Waals surface area contributed by atoms with E-state index in [2.05, 4.69) is 45.3 Å². The third-order valence-electron chi connectivity index (χ3n) is 7.66. The number of para-hydroxylation sites is 2. The topological polar surface area (TPSA) is 81.6 Å². The quantitative estimate of drug-likeness (QED) is 0.158. The Morgan fingerprint density at radius 1 is 0.800 bits per heavy atom. The zero-order valence-corrected chi connectivity index (χ0v) is 27.6. The van der Waals surface area contributed by atoms with Crippen LogP contribution in [-0.2, 0) is 13.2 Å². The Labute approximate surface area is 267 Å². The minimum Gasteiger partial charge on any atom is -0.491 e. The van der Waals surface area contributed by atoms with Crippen molar-refractivity contribution in [3.8, 4) is 22.6 Å². The van der Waals surface area contributed by atoms with E-state index in [-0.39, 0.29) is 29.2 Å². The summed E-state index contributed by atoms with van der Waals surface area (Å²) in [6.07, 6.45) is 3.69. The molecule has 0 unspecified atom stereocenters. The molecule has 4 rings (SSSR count). The van der Waals surface area contributed by atoms with Crippen LogP contribution in [0.3, 0.4) is 0 Å². The van der Waals surface area contributed by atoms with Crippen molar-refractivity contribution in [1.82, 2.24) is 4.57 Å². The predicted octanol–water partition coefficient (Wildman–Crippen LogP) is 9.57. The Balaban J connectivity index is 1.61. The van der Waals surface area contributed by atoms with Crippen LogP contribution in [0.15, 0.2) is 83.8 Å². The van der Waals surface area contributed by atoms with Gasteiger partial charge < -0.3 is 24.7 Å². The Kier molecular flexibility index (Phi) is 11.5. The van der Waals surface area contributed by atoms with Crippen LogP contribution >= 0.6 is 0 Å². The fourth-order valence-corrected chi connectivity index (χ4v) is 5.28. The van der Waals surface area contributed by atoms with Crippen LogP contribution in [0, 0.1) is 0 Å². The number of aryl methyl sites for hydroxylation is 1. The standard InChI is InChI=1S/C38H47N3O4/c1-8-9-22-41-23-21-33(28-17-19-30(20-18-28)44-24-29-13-10-11-16-34(29)45-27(6)7)36(37(41)42)40-38(43)39-35-31(25(2)3)14-12-15-32(35)26(4)5/h10-21,23,25-27H,8-9,22,24H2,1-7H3,(H2,39,40,43). The second kappa shape index (κ2) is 15.5. The van der Waals surface area contributed by atoms with Gasteiger partial charge in [0.05, 0.1) is 6.10 Å². The van der Waals surface area contributed by atoms with Crippen LogP contribution in [-0.4, -0.2) is 16.7 Å². The van der Waals surface area contributed by atoms with E-state index in [1.54, 1.807) is 10.8 Å². The lowest BCUT2D eigenvalue weighted by atomic mass is 9.93. The van der Waals surface area contributed by atoms with Gasteiger partial charge in [-0.2, -0.15) is 0 Å². The summed E-state index contributed by atoms with van der Waals surface area (Å²) < 4.78 is 13.7. The van der Waals surface area contributed by atoms with Gasteiger partial charge in [0.2, 0.25) is 0 Å². The van der Waals surface area contributed by atoms with Crippen LogP contribution in [0.25, 0.3) is 11.1 Å². The molecule has 2 N–H and O–H groups in total. The van der Waals surface area contributed by atoms with Crippen molar-refractivity contribution in [1.29, 1.82) is 0 Å². The zero-order valence-electron chi connectivity index (χ0n) is 27.6.